The van der Waals surface area contributed by atoms with Crippen LogP contribution < -0.4 is 14.3 Å². The van der Waals surface area contributed by atoms with Gasteiger partial charge in [-0.2, -0.15) is 4.99 Å². The number of hydrogen-bond donors (Lipinski definition) is 0. The van der Waals surface area contributed by atoms with E-state index >= 15 is 0 Å². The second kappa shape index (κ2) is 7.89. The van der Waals surface area contributed by atoms with Crippen LogP contribution in [0.5, 0.6) is 11.5 Å². The number of nitrogens with zero attached hydrogens (tertiary/aromatic N) is 2. The van der Waals surface area contributed by atoms with Gasteiger partial charge in [-0.15, -0.1) is 6.42 Å². The predicted octanol–water partition coefficient (Wildman–Crippen LogP) is 3.02. The second-order valence-electron chi connectivity index (χ2n) is 5.51. The topological polar surface area (TPSA) is 52.8 Å². The molecule has 1 aromatic heterocycles. The van der Waals surface area contributed by atoms with Crippen LogP contribution in [-0.4, -0.2) is 24.7 Å². The van der Waals surface area contributed by atoms with Crippen molar-refractivity contribution < 1.29 is 14.3 Å². The number of methoxy groups -OCH3 is 2. The Morgan fingerprint density at radius 3 is 2.69 bits per heavy atom. The average molecular weight is 366 g/mol. The number of carbonyl (C=O) groups is 1. The number of thiazole rings is 1. The lowest BCUT2D eigenvalue weighted by Gasteiger charge is -2.08. The first-order valence-electron chi connectivity index (χ1n) is 7.96. The molecule has 0 bridgehead atoms. The third-order valence-electron chi connectivity index (χ3n) is 3.86. The monoisotopic (exact) mass is 366 g/mol. The Bertz CT molecular complexity index is 1060. The summed E-state index contributed by atoms with van der Waals surface area (Å²) in [6, 6.07) is 13.2. The lowest BCUT2D eigenvalue weighted by Crippen LogP contribution is -2.17. The standard InChI is InChI=1S/C20H18N2O3S/c1-4-11-22-15-7-5-6-8-18(15)26-20(22)21-19(23)13-14-9-10-16(24-2)17(12-14)25-3/h1,5-10,12H,11,13H2,2-3H3. The van der Waals surface area contributed by atoms with Crippen molar-refractivity contribution in [1.29, 1.82) is 0 Å². The first-order chi connectivity index (χ1) is 12.7. The molecule has 5 nitrogen and oxygen atoms in total. The molecule has 0 unspecified atom stereocenters. The van der Waals surface area contributed by atoms with Crippen molar-refractivity contribution in [1.82, 2.24) is 4.57 Å². The van der Waals surface area contributed by atoms with Crippen molar-refractivity contribution in [2.45, 2.75) is 13.0 Å². The van der Waals surface area contributed by atoms with Crippen molar-refractivity contribution in [3.63, 3.8) is 0 Å². The molecule has 0 N–H and O–H groups in total. The average Bonchev–Trinajstić information content (AvgIpc) is 2.99. The van der Waals surface area contributed by atoms with E-state index in [1.54, 1.807) is 26.4 Å². The molecule has 0 saturated heterocycles. The van der Waals surface area contributed by atoms with Crippen molar-refractivity contribution in [2.24, 2.45) is 4.99 Å². The van der Waals surface area contributed by atoms with E-state index in [0.29, 0.717) is 22.8 Å². The Morgan fingerprint density at radius 1 is 1.19 bits per heavy atom. The van der Waals surface area contributed by atoms with Gasteiger partial charge in [-0.1, -0.05) is 35.5 Å². The van der Waals surface area contributed by atoms with Crippen LogP contribution in [0.3, 0.4) is 0 Å². The highest BCUT2D eigenvalue weighted by Crippen LogP contribution is 2.27. The Hall–Kier alpha value is -3.04. The van der Waals surface area contributed by atoms with E-state index in [9.17, 15) is 4.79 Å². The van der Waals surface area contributed by atoms with Crippen LogP contribution in [-0.2, 0) is 17.8 Å². The molecule has 0 aliphatic carbocycles. The van der Waals surface area contributed by atoms with E-state index in [1.807, 2.05) is 34.9 Å². The van der Waals surface area contributed by atoms with Crippen molar-refractivity contribution in [3.8, 4) is 23.8 Å². The number of aromatic nitrogens is 1. The van der Waals surface area contributed by atoms with Crippen molar-refractivity contribution >= 4 is 27.5 Å². The molecule has 0 aliphatic rings. The van der Waals surface area contributed by atoms with Gasteiger partial charge in [0, 0.05) is 0 Å². The summed E-state index contributed by atoms with van der Waals surface area (Å²) in [6.45, 7) is 0.368. The zero-order chi connectivity index (χ0) is 18.5. The van der Waals surface area contributed by atoms with E-state index in [2.05, 4.69) is 10.9 Å². The van der Waals surface area contributed by atoms with Crippen molar-refractivity contribution in [2.75, 3.05) is 14.2 Å². The quantitative estimate of drug-likeness (QED) is 0.652. The van der Waals surface area contributed by atoms with Crippen LogP contribution in [0.25, 0.3) is 10.2 Å². The van der Waals surface area contributed by atoms with Crippen LogP contribution in [0.15, 0.2) is 47.5 Å². The number of fused-ring (bicyclic) bond motifs is 1. The van der Waals surface area contributed by atoms with Gasteiger partial charge in [-0.05, 0) is 29.8 Å². The molecule has 1 amide bonds. The van der Waals surface area contributed by atoms with Gasteiger partial charge in [0.1, 0.15) is 0 Å². The highest BCUT2D eigenvalue weighted by Gasteiger charge is 2.10. The number of amides is 1. The summed E-state index contributed by atoms with van der Waals surface area (Å²) >= 11 is 1.45. The molecule has 3 rings (SSSR count). The molecule has 3 aromatic rings. The second-order valence-corrected chi connectivity index (χ2v) is 6.52. The Labute approximate surface area is 155 Å². The Morgan fingerprint density at radius 2 is 1.96 bits per heavy atom. The molecule has 0 atom stereocenters. The fraction of sp³-hybridized carbons (Fsp3) is 0.200. The SMILES string of the molecule is C#CCn1c(=NC(=O)Cc2ccc(OC)c(OC)c2)sc2ccccc21. The van der Waals surface area contributed by atoms with Gasteiger partial charge in [0.05, 0.1) is 37.4 Å². The smallest absolute Gasteiger partial charge is 0.252 e. The minimum Gasteiger partial charge on any atom is -0.493 e. The van der Waals surface area contributed by atoms with E-state index in [-0.39, 0.29) is 12.3 Å². The lowest BCUT2D eigenvalue weighted by molar-refractivity contribution is -0.117. The van der Waals surface area contributed by atoms with E-state index < -0.39 is 0 Å². The molecular formula is C20H18N2O3S. The van der Waals surface area contributed by atoms with E-state index in [0.717, 1.165) is 15.8 Å². The van der Waals surface area contributed by atoms with Crippen LogP contribution in [0.4, 0.5) is 0 Å². The summed E-state index contributed by atoms with van der Waals surface area (Å²) in [5.41, 5.74) is 1.79. The maximum atomic E-state index is 12.5. The molecular weight excluding hydrogens is 348 g/mol. The van der Waals surface area contributed by atoms with Crippen molar-refractivity contribution in [3.05, 3.63) is 52.8 Å². The van der Waals surface area contributed by atoms with Gasteiger partial charge < -0.3 is 14.0 Å². The molecule has 132 valence electrons. The van der Waals surface area contributed by atoms with E-state index in [1.165, 1.54) is 11.3 Å². The summed E-state index contributed by atoms with van der Waals surface area (Å²) in [7, 11) is 3.14. The van der Waals surface area contributed by atoms with Crippen LogP contribution >= 0.6 is 11.3 Å². The Kier molecular flexibility index (Phi) is 5.40. The molecule has 0 spiro atoms. The third kappa shape index (κ3) is 3.63. The minimum atomic E-state index is -0.241. The zero-order valence-corrected chi connectivity index (χ0v) is 15.4. The minimum absolute atomic E-state index is 0.171. The maximum Gasteiger partial charge on any atom is 0.252 e. The number of hydrogen-bond acceptors (Lipinski definition) is 4. The van der Waals surface area contributed by atoms with E-state index in [4.69, 9.17) is 15.9 Å². The summed E-state index contributed by atoms with van der Waals surface area (Å²) in [4.78, 5) is 17.4. The number of terminal acetylenes is 1. The highest BCUT2D eigenvalue weighted by atomic mass is 32.1. The molecule has 1 heterocycles. The van der Waals surface area contributed by atoms with Crippen LogP contribution in [0.1, 0.15) is 5.56 Å². The van der Waals surface area contributed by atoms with Crippen LogP contribution in [0, 0.1) is 12.3 Å². The molecule has 2 aromatic carbocycles. The number of ether oxygens (including phenoxy) is 2. The molecule has 0 radical (unpaired) electrons. The van der Waals surface area contributed by atoms with Gasteiger partial charge in [-0.3, -0.25) is 4.79 Å². The largest absolute Gasteiger partial charge is 0.493 e. The van der Waals surface area contributed by atoms with Gasteiger partial charge in [0.15, 0.2) is 16.3 Å². The summed E-state index contributed by atoms with van der Waals surface area (Å²) in [5.74, 6) is 3.59. The maximum absolute atomic E-state index is 12.5. The molecule has 26 heavy (non-hydrogen) atoms. The third-order valence-corrected chi connectivity index (χ3v) is 4.92. The van der Waals surface area contributed by atoms with Gasteiger partial charge in [0.25, 0.3) is 5.91 Å². The molecule has 0 saturated carbocycles. The highest BCUT2D eigenvalue weighted by molar-refractivity contribution is 7.16. The molecule has 0 fully saturated rings. The van der Waals surface area contributed by atoms with Gasteiger partial charge in [0.2, 0.25) is 0 Å². The first-order valence-corrected chi connectivity index (χ1v) is 8.78. The fourth-order valence-corrected chi connectivity index (χ4v) is 3.71. The molecule has 0 aliphatic heterocycles. The predicted molar refractivity (Wildman–Crippen MR) is 102 cm³/mol. The first kappa shape index (κ1) is 17.8. The van der Waals surface area contributed by atoms with Gasteiger partial charge in [-0.25, -0.2) is 0 Å². The number of para-hydroxylation sites is 1. The number of benzene rings is 2. The number of rotatable bonds is 5. The zero-order valence-electron chi connectivity index (χ0n) is 14.6. The van der Waals surface area contributed by atoms with Gasteiger partial charge >= 0.3 is 0 Å². The van der Waals surface area contributed by atoms with Crippen LogP contribution in [0.2, 0.25) is 0 Å². The Balaban J connectivity index is 1.93. The summed E-state index contributed by atoms with van der Waals surface area (Å²) in [6.07, 6.45) is 5.65. The normalized spacial score (nSPS) is 11.3. The number of carbonyl (C=O) groups excluding carboxylic acids is 1. The molecule has 6 heteroatoms. The lowest BCUT2D eigenvalue weighted by atomic mass is 10.1. The summed E-state index contributed by atoms with van der Waals surface area (Å²) < 4.78 is 13.4. The summed E-state index contributed by atoms with van der Waals surface area (Å²) in [5, 5.41) is 0. The fourth-order valence-electron chi connectivity index (χ4n) is 2.66.